The molecular weight excluding hydrogens is 170 g/mol. The van der Waals surface area contributed by atoms with Crippen LogP contribution in [-0.4, -0.2) is 6.04 Å². The highest BCUT2D eigenvalue weighted by Crippen LogP contribution is 2.16. The van der Waals surface area contributed by atoms with Crippen molar-refractivity contribution in [2.75, 3.05) is 0 Å². The maximum absolute atomic E-state index is 5.92. The molecule has 1 unspecified atom stereocenters. The summed E-state index contributed by atoms with van der Waals surface area (Å²) in [6, 6.07) is 6.84. The van der Waals surface area contributed by atoms with E-state index in [0.717, 1.165) is 19.3 Å². The van der Waals surface area contributed by atoms with Crippen LogP contribution in [0.15, 0.2) is 18.2 Å². The quantitative estimate of drug-likeness (QED) is 0.778. The summed E-state index contributed by atoms with van der Waals surface area (Å²) in [7, 11) is 0. The van der Waals surface area contributed by atoms with E-state index in [1.165, 1.54) is 16.7 Å². The molecule has 1 aromatic carbocycles. The molecule has 2 N–H and O–H groups in total. The van der Waals surface area contributed by atoms with E-state index in [1.54, 1.807) is 0 Å². The van der Waals surface area contributed by atoms with Crippen LogP contribution in [0, 0.1) is 13.8 Å². The Kier molecular flexibility index (Phi) is 4.15. The Balaban J connectivity index is 2.66. The topological polar surface area (TPSA) is 26.0 Å². The van der Waals surface area contributed by atoms with E-state index in [4.69, 9.17) is 5.73 Å². The molecule has 0 aromatic heterocycles. The van der Waals surface area contributed by atoms with E-state index in [-0.39, 0.29) is 0 Å². The van der Waals surface area contributed by atoms with E-state index in [0.29, 0.717) is 6.04 Å². The predicted molar refractivity (Wildman–Crippen MR) is 62.5 cm³/mol. The van der Waals surface area contributed by atoms with Crippen molar-refractivity contribution in [3.05, 3.63) is 34.9 Å². The molecule has 0 aliphatic rings. The standard InChI is InChI=1S/C13H21N/c1-4-12(14)8-9-13-10(2)6-5-7-11(13)3/h5-7,12H,4,8-9,14H2,1-3H3. The number of rotatable bonds is 4. The van der Waals surface area contributed by atoms with Gasteiger partial charge in [0.05, 0.1) is 0 Å². The zero-order valence-corrected chi connectivity index (χ0v) is 9.51. The second-order valence-electron chi connectivity index (χ2n) is 4.08. The van der Waals surface area contributed by atoms with Gasteiger partial charge in [0.2, 0.25) is 0 Å². The molecule has 1 heteroatoms. The van der Waals surface area contributed by atoms with Gasteiger partial charge in [0.25, 0.3) is 0 Å². The molecule has 0 aliphatic carbocycles. The predicted octanol–water partition coefficient (Wildman–Crippen LogP) is 2.97. The summed E-state index contributed by atoms with van der Waals surface area (Å²) in [6.07, 6.45) is 3.29. The van der Waals surface area contributed by atoms with Gasteiger partial charge in [0.1, 0.15) is 0 Å². The molecule has 1 aromatic rings. The molecule has 0 bridgehead atoms. The summed E-state index contributed by atoms with van der Waals surface area (Å²) in [5, 5.41) is 0. The largest absolute Gasteiger partial charge is 0.328 e. The van der Waals surface area contributed by atoms with Crippen molar-refractivity contribution in [3.8, 4) is 0 Å². The zero-order valence-electron chi connectivity index (χ0n) is 9.51. The molecule has 0 radical (unpaired) electrons. The average molecular weight is 191 g/mol. The fraction of sp³-hybridized carbons (Fsp3) is 0.538. The number of benzene rings is 1. The van der Waals surface area contributed by atoms with Crippen LogP contribution in [0.3, 0.4) is 0 Å². The molecular formula is C13H21N. The summed E-state index contributed by atoms with van der Waals surface area (Å²) in [5.74, 6) is 0. The first-order valence-corrected chi connectivity index (χ1v) is 5.45. The van der Waals surface area contributed by atoms with Crippen LogP contribution in [-0.2, 0) is 6.42 Å². The van der Waals surface area contributed by atoms with Gasteiger partial charge in [-0.15, -0.1) is 0 Å². The SMILES string of the molecule is CCC(N)CCc1c(C)cccc1C. The minimum atomic E-state index is 0.356. The first-order valence-electron chi connectivity index (χ1n) is 5.45. The van der Waals surface area contributed by atoms with Crippen molar-refractivity contribution in [1.82, 2.24) is 0 Å². The molecule has 1 nitrogen and oxygen atoms in total. The lowest BCUT2D eigenvalue weighted by Crippen LogP contribution is -2.19. The molecule has 0 fully saturated rings. The number of hydrogen-bond acceptors (Lipinski definition) is 1. The molecule has 1 rings (SSSR count). The second-order valence-corrected chi connectivity index (χ2v) is 4.08. The van der Waals surface area contributed by atoms with Crippen LogP contribution >= 0.6 is 0 Å². The van der Waals surface area contributed by atoms with E-state index >= 15 is 0 Å². The summed E-state index contributed by atoms with van der Waals surface area (Å²) in [6.45, 7) is 6.51. The lowest BCUT2D eigenvalue weighted by Gasteiger charge is -2.12. The van der Waals surface area contributed by atoms with E-state index in [1.807, 2.05) is 0 Å². The van der Waals surface area contributed by atoms with Gasteiger partial charge in [-0.05, 0) is 49.8 Å². The van der Waals surface area contributed by atoms with Crippen LogP contribution in [0.2, 0.25) is 0 Å². The van der Waals surface area contributed by atoms with Crippen molar-refractivity contribution in [2.24, 2.45) is 5.73 Å². The number of nitrogens with two attached hydrogens (primary N) is 1. The minimum absolute atomic E-state index is 0.356. The highest BCUT2D eigenvalue weighted by Gasteiger charge is 2.04. The van der Waals surface area contributed by atoms with Gasteiger partial charge < -0.3 is 5.73 Å². The van der Waals surface area contributed by atoms with Gasteiger partial charge in [0, 0.05) is 6.04 Å². The van der Waals surface area contributed by atoms with Gasteiger partial charge in [0.15, 0.2) is 0 Å². The van der Waals surface area contributed by atoms with Gasteiger partial charge in [-0.25, -0.2) is 0 Å². The molecule has 0 heterocycles. The monoisotopic (exact) mass is 191 g/mol. The highest BCUT2D eigenvalue weighted by molar-refractivity contribution is 5.33. The van der Waals surface area contributed by atoms with Crippen LogP contribution in [0.1, 0.15) is 36.5 Å². The third-order valence-corrected chi connectivity index (χ3v) is 2.93. The molecule has 0 saturated carbocycles. The Morgan fingerprint density at radius 3 is 2.29 bits per heavy atom. The fourth-order valence-corrected chi connectivity index (χ4v) is 1.78. The molecule has 0 spiro atoms. The first-order chi connectivity index (χ1) is 6.65. The Labute approximate surface area is 87.3 Å². The van der Waals surface area contributed by atoms with E-state index in [9.17, 15) is 0 Å². The van der Waals surface area contributed by atoms with E-state index in [2.05, 4.69) is 39.0 Å². The number of aryl methyl sites for hydroxylation is 2. The zero-order chi connectivity index (χ0) is 10.6. The summed E-state index contributed by atoms with van der Waals surface area (Å²) in [4.78, 5) is 0. The Hall–Kier alpha value is -0.820. The minimum Gasteiger partial charge on any atom is -0.328 e. The van der Waals surface area contributed by atoms with Crippen molar-refractivity contribution < 1.29 is 0 Å². The third-order valence-electron chi connectivity index (χ3n) is 2.93. The molecule has 0 aliphatic heterocycles. The second kappa shape index (κ2) is 5.16. The smallest absolute Gasteiger partial charge is 0.00393 e. The lowest BCUT2D eigenvalue weighted by molar-refractivity contribution is 0.594. The normalized spacial score (nSPS) is 12.9. The van der Waals surface area contributed by atoms with Crippen LogP contribution in [0.4, 0.5) is 0 Å². The summed E-state index contributed by atoms with van der Waals surface area (Å²) >= 11 is 0. The Bertz CT molecular complexity index is 271. The van der Waals surface area contributed by atoms with Gasteiger partial charge in [-0.1, -0.05) is 25.1 Å². The van der Waals surface area contributed by atoms with Gasteiger partial charge >= 0.3 is 0 Å². The van der Waals surface area contributed by atoms with E-state index < -0.39 is 0 Å². The number of hydrogen-bond donors (Lipinski definition) is 1. The highest BCUT2D eigenvalue weighted by atomic mass is 14.6. The maximum atomic E-state index is 5.92. The molecule has 1 atom stereocenters. The van der Waals surface area contributed by atoms with Crippen LogP contribution in [0.25, 0.3) is 0 Å². The molecule has 0 saturated heterocycles. The summed E-state index contributed by atoms with van der Waals surface area (Å²) < 4.78 is 0. The van der Waals surface area contributed by atoms with Crippen molar-refractivity contribution in [1.29, 1.82) is 0 Å². The Morgan fingerprint density at radius 2 is 1.79 bits per heavy atom. The van der Waals surface area contributed by atoms with Crippen molar-refractivity contribution in [3.63, 3.8) is 0 Å². The van der Waals surface area contributed by atoms with Gasteiger partial charge in [-0.2, -0.15) is 0 Å². The van der Waals surface area contributed by atoms with Crippen molar-refractivity contribution >= 4 is 0 Å². The fourth-order valence-electron chi connectivity index (χ4n) is 1.78. The Morgan fingerprint density at radius 1 is 1.21 bits per heavy atom. The average Bonchev–Trinajstić information content (AvgIpc) is 2.16. The molecule has 14 heavy (non-hydrogen) atoms. The molecule has 78 valence electrons. The first kappa shape index (κ1) is 11.3. The van der Waals surface area contributed by atoms with Crippen LogP contribution in [0.5, 0.6) is 0 Å². The molecule has 0 amide bonds. The van der Waals surface area contributed by atoms with Crippen molar-refractivity contribution in [2.45, 2.75) is 46.1 Å². The lowest BCUT2D eigenvalue weighted by atomic mass is 9.96. The van der Waals surface area contributed by atoms with Gasteiger partial charge in [-0.3, -0.25) is 0 Å². The summed E-state index contributed by atoms with van der Waals surface area (Å²) in [5.41, 5.74) is 10.2. The van der Waals surface area contributed by atoms with Crippen LogP contribution < -0.4 is 5.73 Å². The third kappa shape index (κ3) is 2.85. The maximum Gasteiger partial charge on any atom is 0.00393 e.